The average molecular weight is 297 g/mol. The minimum absolute atomic E-state index is 0.0110. The molecule has 0 saturated heterocycles. The monoisotopic (exact) mass is 296 g/mol. The highest BCUT2D eigenvalue weighted by Gasteiger charge is 2.29. The third kappa shape index (κ3) is 3.49. The zero-order valence-corrected chi connectivity index (χ0v) is 12.6. The standard InChI is InChI=1S/C15H21ClN2O2/c1-2-4-12-9-11(10-14(16)17-12)15(20)18(7-8-19)13-5-3-6-13/h9-10,13,19H,2-8H2,1H3. The molecule has 1 aromatic heterocycles. The lowest BCUT2D eigenvalue weighted by Gasteiger charge is -2.37. The van der Waals surface area contributed by atoms with E-state index in [-0.39, 0.29) is 18.6 Å². The fourth-order valence-electron chi connectivity index (χ4n) is 2.48. The molecule has 1 heterocycles. The van der Waals surface area contributed by atoms with Crippen LogP contribution in [0.3, 0.4) is 0 Å². The number of aliphatic hydroxyl groups is 1. The molecule has 20 heavy (non-hydrogen) atoms. The van der Waals surface area contributed by atoms with Crippen molar-refractivity contribution in [2.24, 2.45) is 0 Å². The first-order valence-corrected chi connectivity index (χ1v) is 7.61. The summed E-state index contributed by atoms with van der Waals surface area (Å²) in [5.41, 5.74) is 1.43. The highest BCUT2D eigenvalue weighted by Crippen LogP contribution is 2.26. The number of amides is 1. The molecule has 1 aliphatic carbocycles. The Bertz CT molecular complexity index is 475. The number of pyridine rings is 1. The number of halogens is 1. The van der Waals surface area contributed by atoms with E-state index in [2.05, 4.69) is 11.9 Å². The molecule has 0 atom stereocenters. The predicted molar refractivity (Wildman–Crippen MR) is 79.0 cm³/mol. The fourth-order valence-corrected chi connectivity index (χ4v) is 2.71. The van der Waals surface area contributed by atoms with Gasteiger partial charge in [0.2, 0.25) is 0 Å². The van der Waals surface area contributed by atoms with Crippen LogP contribution < -0.4 is 0 Å². The minimum Gasteiger partial charge on any atom is -0.395 e. The van der Waals surface area contributed by atoms with Crippen molar-refractivity contribution >= 4 is 17.5 Å². The summed E-state index contributed by atoms with van der Waals surface area (Å²) in [7, 11) is 0. The topological polar surface area (TPSA) is 53.4 Å². The van der Waals surface area contributed by atoms with Gasteiger partial charge in [-0.25, -0.2) is 4.98 Å². The van der Waals surface area contributed by atoms with Crippen LogP contribution in [0.25, 0.3) is 0 Å². The summed E-state index contributed by atoms with van der Waals surface area (Å²) in [6.07, 6.45) is 4.96. The maximum Gasteiger partial charge on any atom is 0.254 e. The molecule has 1 fully saturated rings. The summed E-state index contributed by atoms with van der Waals surface area (Å²) in [5.74, 6) is -0.0506. The van der Waals surface area contributed by atoms with Crippen LogP contribution >= 0.6 is 11.6 Å². The van der Waals surface area contributed by atoms with E-state index in [9.17, 15) is 4.79 Å². The van der Waals surface area contributed by atoms with Crippen LogP contribution in [0.1, 0.15) is 48.7 Å². The second-order valence-corrected chi connectivity index (χ2v) is 5.61. The number of rotatable bonds is 6. The van der Waals surface area contributed by atoms with Crippen LogP contribution in [0.2, 0.25) is 5.15 Å². The van der Waals surface area contributed by atoms with Gasteiger partial charge in [0.1, 0.15) is 5.15 Å². The molecule has 1 saturated carbocycles. The van der Waals surface area contributed by atoms with Crippen molar-refractivity contribution in [2.75, 3.05) is 13.2 Å². The van der Waals surface area contributed by atoms with Crippen molar-refractivity contribution in [1.82, 2.24) is 9.88 Å². The Balaban J connectivity index is 2.21. The molecular formula is C15H21ClN2O2. The Morgan fingerprint density at radius 2 is 2.25 bits per heavy atom. The number of aromatic nitrogens is 1. The quantitative estimate of drug-likeness (QED) is 0.821. The lowest BCUT2D eigenvalue weighted by atomic mass is 9.91. The highest BCUT2D eigenvalue weighted by molar-refractivity contribution is 6.29. The van der Waals surface area contributed by atoms with Gasteiger partial charge in [0.05, 0.1) is 6.61 Å². The lowest BCUT2D eigenvalue weighted by Crippen LogP contribution is -2.45. The number of carbonyl (C=O) groups is 1. The van der Waals surface area contributed by atoms with Crippen molar-refractivity contribution in [3.8, 4) is 0 Å². The van der Waals surface area contributed by atoms with Crippen molar-refractivity contribution in [1.29, 1.82) is 0 Å². The summed E-state index contributed by atoms with van der Waals surface area (Å²) >= 11 is 6.01. The Hall–Kier alpha value is -1.13. The maximum atomic E-state index is 12.6. The SMILES string of the molecule is CCCc1cc(C(=O)N(CCO)C2CCC2)cc(Cl)n1. The van der Waals surface area contributed by atoms with E-state index in [1.165, 1.54) is 0 Å². The number of aryl methyl sites for hydroxylation is 1. The largest absolute Gasteiger partial charge is 0.395 e. The minimum atomic E-state index is -0.0506. The van der Waals surface area contributed by atoms with Gasteiger partial charge in [0.25, 0.3) is 5.91 Å². The highest BCUT2D eigenvalue weighted by atomic mass is 35.5. The van der Waals surface area contributed by atoms with Crippen molar-refractivity contribution in [2.45, 2.75) is 45.1 Å². The normalized spacial score (nSPS) is 14.9. The van der Waals surface area contributed by atoms with Gasteiger partial charge in [-0.3, -0.25) is 4.79 Å². The van der Waals surface area contributed by atoms with E-state index < -0.39 is 0 Å². The van der Waals surface area contributed by atoms with E-state index in [1.807, 2.05) is 6.07 Å². The van der Waals surface area contributed by atoms with Gasteiger partial charge in [-0.1, -0.05) is 24.9 Å². The van der Waals surface area contributed by atoms with Crippen molar-refractivity contribution in [3.63, 3.8) is 0 Å². The third-order valence-electron chi connectivity index (χ3n) is 3.72. The first kappa shape index (κ1) is 15.3. The van der Waals surface area contributed by atoms with Gasteiger partial charge in [-0.2, -0.15) is 0 Å². The Morgan fingerprint density at radius 3 is 2.80 bits per heavy atom. The molecule has 4 nitrogen and oxygen atoms in total. The molecule has 5 heteroatoms. The van der Waals surface area contributed by atoms with Crippen LogP contribution in [0.4, 0.5) is 0 Å². The van der Waals surface area contributed by atoms with Crippen LogP contribution in [-0.4, -0.2) is 40.1 Å². The number of hydrogen-bond acceptors (Lipinski definition) is 3. The van der Waals surface area contributed by atoms with E-state index in [0.29, 0.717) is 17.3 Å². The lowest BCUT2D eigenvalue weighted by molar-refractivity contribution is 0.0525. The van der Waals surface area contributed by atoms with E-state index in [1.54, 1.807) is 11.0 Å². The molecule has 0 spiro atoms. The molecule has 1 aromatic rings. The fraction of sp³-hybridized carbons (Fsp3) is 0.600. The number of aliphatic hydroxyl groups excluding tert-OH is 1. The number of nitrogens with zero attached hydrogens (tertiary/aromatic N) is 2. The summed E-state index contributed by atoms with van der Waals surface area (Å²) in [6.45, 7) is 2.44. The van der Waals surface area contributed by atoms with Gasteiger partial charge in [-0.15, -0.1) is 0 Å². The number of hydrogen-bond donors (Lipinski definition) is 1. The Morgan fingerprint density at radius 1 is 1.50 bits per heavy atom. The maximum absolute atomic E-state index is 12.6. The second-order valence-electron chi connectivity index (χ2n) is 5.23. The van der Waals surface area contributed by atoms with Gasteiger partial charge in [-0.05, 0) is 37.8 Å². The van der Waals surface area contributed by atoms with Crippen LogP contribution in [0.15, 0.2) is 12.1 Å². The average Bonchev–Trinajstić information content (AvgIpc) is 2.35. The molecule has 0 aromatic carbocycles. The van der Waals surface area contributed by atoms with E-state index in [0.717, 1.165) is 37.8 Å². The van der Waals surface area contributed by atoms with E-state index in [4.69, 9.17) is 16.7 Å². The van der Waals surface area contributed by atoms with Crippen LogP contribution in [0, 0.1) is 0 Å². The van der Waals surface area contributed by atoms with Gasteiger partial charge >= 0.3 is 0 Å². The van der Waals surface area contributed by atoms with Gasteiger partial charge < -0.3 is 10.0 Å². The molecule has 1 amide bonds. The molecule has 0 radical (unpaired) electrons. The first-order valence-electron chi connectivity index (χ1n) is 7.24. The predicted octanol–water partition coefficient (Wildman–Crippen LogP) is 2.67. The molecule has 1 aliphatic rings. The molecular weight excluding hydrogens is 276 g/mol. The zero-order valence-electron chi connectivity index (χ0n) is 11.8. The summed E-state index contributed by atoms with van der Waals surface area (Å²) in [6, 6.07) is 3.70. The Labute approximate surface area is 124 Å². The zero-order chi connectivity index (χ0) is 14.5. The molecule has 0 bridgehead atoms. The van der Waals surface area contributed by atoms with Gasteiger partial charge in [0, 0.05) is 23.8 Å². The summed E-state index contributed by atoms with van der Waals surface area (Å²) in [5, 5.41) is 9.52. The summed E-state index contributed by atoms with van der Waals surface area (Å²) in [4.78, 5) is 18.6. The smallest absolute Gasteiger partial charge is 0.254 e. The second kappa shape index (κ2) is 7.04. The van der Waals surface area contributed by atoms with Crippen molar-refractivity contribution in [3.05, 3.63) is 28.5 Å². The molecule has 2 rings (SSSR count). The summed E-state index contributed by atoms with van der Waals surface area (Å²) < 4.78 is 0. The van der Waals surface area contributed by atoms with Gasteiger partial charge in [0.15, 0.2) is 0 Å². The molecule has 0 aliphatic heterocycles. The molecule has 110 valence electrons. The first-order chi connectivity index (χ1) is 9.65. The number of carbonyl (C=O) groups excluding carboxylic acids is 1. The third-order valence-corrected chi connectivity index (χ3v) is 3.91. The van der Waals surface area contributed by atoms with E-state index >= 15 is 0 Å². The molecule has 0 unspecified atom stereocenters. The van der Waals surface area contributed by atoms with Crippen molar-refractivity contribution < 1.29 is 9.90 Å². The Kier molecular flexibility index (Phi) is 5.38. The molecule has 1 N–H and O–H groups in total. The van der Waals surface area contributed by atoms with Crippen LogP contribution in [0.5, 0.6) is 0 Å². The van der Waals surface area contributed by atoms with Crippen LogP contribution in [-0.2, 0) is 6.42 Å².